The highest BCUT2D eigenvalue weighted by atomic mass is 16.5. The second kappa shape index (κ2) is 4.33. The van der Waals surface area contributed by atoms with E-state index < -0.39 is 0 Å². The van der Waals surface area contributed by atoms with Crippen LogP contribution in [0.4, 0.5) is 4.79 Å². The number of ether oxygens (including phenoxy) is 1. The minimum Gasteiger partial charge on any atom is -0.453 e. The van der Waals surface area contributed by atoms with E-state index in [9.17, 15) is 4.79 Å². The Balaban J connectivity index is 2.09. The molecule has 0 heterocycles. The first-order valence-electron chi connectivity index (χ1n) is 6.14. The van der Waals surface area contributed by atoms with Gasteiger partial charge >= 0.3 is 6.09 Å². The van der Waals surface area contributed by atoms with Crippen LogP contribution >= 0.6 is 0 Å². The van der Waals surface area contributed by atoms with E-state index in [0.717, 1.165) is 12.8 Å². The average molecular weight is 241 g/mol. The SMILES string of the molecule is COC(=O)NC1CCc2cccc3cccc1c23. The van der Waals surface area contributed by atoms with Crippen molar-refractivity contribution in [1.82, 2.24) is 5.32 Å². The number of hydrogen-bond donors (Lipinski definition) is 1. The van der Waals surface area contributed by atoms with E-state index in [1.54, 1.807) is 0 Å². The number of rotatable bonds is 1. The van der Waals surface area contributed by atoms with E-state index in [-0.39, 0.29) is 12.1 Å². The number of methoxy groups -OCH3 is 1. The highest BCUT2D eigenvalue weighted by molar-refractivity contribution is 5.90. The van der Waals surface area contributed by atoms with Gasteiger partial charge in [-0.25, -0.2) is 4.79 Å². The van der Waals surface area contributed by atoms with Gasteiger partial charge in [-0.1, -0.05) is 36.4 Å². The average Bonchev–Trinajstić information content (AvgIpc) is 2.42. The summed E-state index contributed by atoms with van der Waals surface area (Å²) in [4.78, 5) is 11.4. The molecule has 3 rings (SSSR count). The van der Waals surface area contributed by atoms with Gasteiger partial charge in [-0.05, 0) is 34.7 Å². The molecular formula is C15H15NO2. The van der Waals surface area contributed by atoms with Crippen LogP contribution in [0.5, 0.6) is 0 Å². The van der Waals surface area contributed by atoms with Gasteiger partial charge in [0.25, 0.3) is 0 Å². The Labute approximate surface area is 106 Å². The van der Waals surface area contributed by atoms with Gasteiger partial charge in [0.15, 0.2) is 0 Å². The lowest BCUT2D eigenvalue weighted by Crippen LogP contribution is -2.30. The lowest BCUT2D eigenvalue weighted by Gasteiger charge is -2.26. The van der Waals surface area contributed by atoms with Crippen LogP contribution in [0.15, 0.2) is 36.4 Å². The maximum Gasteiger partial charge on any atom is 0.407 e. The summed E-state index contributed by atoms with van der Waals surface area (Å²) >= 11 is 0. The Hall–Kier alpha value is -2.03. The van der Waals surface area contributed by atoms with Crippen molar-refractivity contribution >= 4 is 16.9 Å². The zero-order valence-corrected chi connectivity index (χ0v) is 10.3. The number of nitrogens with one attached hydrogen (secondary N) is 1. The number of carbonyl (C=O) groups excluding carboxylic acids is 1. The molecular weight excluding hydrogens is 226 g/mol. The normalized spacial score (nSPS) is 17.5. The van der Waals surface area contributed by atoms with E-state index in [1.165, 1.54) is 29.0 Å². The molecule has 18 heavy (non-hydrogen) atoms. The standard InChI is InChI=1S/C15H15NO2/c1-18-15(17)16-13-9-8-11-5-2-4-10-6-3-7-12(13)14(10)11/h2-7,13H,8-9H2,1H3,(H,16,17). The minimum atomic E-state index is -0.364. The summed E-state index contributed by atoms with van der Waals surface area (Å²) in [5, 5.41) is 5.43. The van der Waals surface area contributed by atoms with Crippen LogP contribution in [0, 0.1) is 0 Å². The summed E-state index contributed by atoms with van der Waals surface area (Å²) in [6, 6.07) is 12.7. The first kappa shape index (κ1) is 11.1. The van der Waals surface area contributed by atoms with Gasteiger partial charge in [0, 0.05) is 0 Å². The molecule has 3 heteroatoms. The lowest BCUT2D eigenvalue weighted by molar-refractivity contribution is 0.166. The molecule has 0 bridgehead atoms. The summed E-state index contributed by atoms with van der Waals surface area (Å²) in [6.07, 6.45) is 1.55. The van der Waals surface area contributed by atoms with Crippen LogP contribution in [0.2, 0.25) is 0 Å². The van der Waals surface area contributed by atoms with Crippen LogP contribution in [0.3, 0.4) is 0 Å². The maximum absolute atomic E-state index is 11.4. The molecule has 0 aromatic heterocycles. The molecule has 1 aliphatic rings. The van der Waals surface area contributed by atoms with Crippen molar-refractivity contribution in [2.75, 3.05) is 7.11 Å². The van der Waals surface area contributed by atoms with Crippen LogP contribution < -0.4 is 5.32 Å². The highest BCUT2D eigenvalue weighted by Gasteiger charge is 2.22. The summed E-state index contributed by atoms with van der Waals surface area (Å²) < 4.78 is 4.69. The number of hydrogen-bond acceptors (Lipinski definition) is 2. The monoisotopic (exact) mass is 241 g/mol. The number of carbonyl (C=O) groups is 1. The zero-order valence-electron chi connectivity index (χ0n) is 10.3. The van der Waals surface area contributed by atoms with E-state index >= 15 is 0 Å². The van der Waals surface area contributed by atoms with Crippen molar-refractivity contribution in [2.24, 2.45) is 0 Å². The van der Waals surface area contributed by atoms with Gasteiger partial charge in [0.1, 0.15) is 0 Å². The molecule has 0 fully saturated rings. The molecule has 2 aromatic carbocycles. The summed E-state index contributed by atoms with van der Waals surface area (Å²) in [5.74, 6) is 0. The third-order valence-electron chi connectivity index (χ3n) is 3.58. The summed E-state index contributed by atoms with van der Waals surface area (Å²) in [6.45, 7) is 0. The second-order valence-corrected chi connectivity index (χ2v) is 4.59. The van der Waals surface area contributed by atoms with Crippen LogP contribution in [0.25, 0.3) is 10.8 Å². The molecule has 0 radical (unpaired) electrons. The Bertz CT molecular complexity index is 601. The van der Waals surface area contributed by atoms with E-state index in [4.69, 9.17) is 0 Å². The quantitative estimate of drug-likeness (QED) is 0.832. The van der Waals surface area contributed by atoms with E-state index in [0.29, 0.717) is 0 Å². The molecule has 3 nitrogen and oxygen atoms in total. The van der Waals surface area contributed by atoms with E-state index in [1.807, 2.05) is 6.07 Å². The largest absolute Gasteiger partial charge is 0.453 e. The van der Waals surface area contributed by atoms with Gasteiger partial charge in [0.2, 0.25) is 0 Å². The van der Waals surface area contributed by atoms with Gasteiger partial charge < -0.3 is 10.1 Å². The molecule has 0 saturated heterocycles. The summed E-state index contributed by atoms with van der Waals surface area (Å²) in [5.41, 5.74) is 2.56. The van der Waals surface area contributed by atoms with Gasteiger partial charge in [-0.3, -0.25) is 0 Å². The molecule has 92 valence electrons. The van der Waals surface area contributed by atoms with Crippen LogP contribution in [-0.2, 0) is 11.2 Å². The molecule has 0 aliphatic heterocycles. The van der Waals surface area contributed by atoms with Crippen molar-refractivity contribution < 1.29 is 9.53 Å². The fourth-order valence-corrected chi connectivity index (χ4v) is 2.75. The third kappa shape index (κ3) is 1.72. The molecule has 1 N–H and O–H groups in total. The summed E-state index contributed by atoms with van der Waals surface area (Å²) in [7, 11) is 1.40. The first-order valence-corrected chi connectivity index (χ1v) is 6.14. The fourth-order valence-electron chi connectivity index (χ4n) is 2.75. The number of amides is 1. The van der Waals surface area contributed by atoms with Gasteiger partial charge in [-0.15, -0.1) is 0 Å². The van der Waals surface area contributed by atoms with Gasteiger partial charge in [-0.2, -0.15) is 0 Å². The first-order chi connectivity index (χ1) is 8.79. The zero-order chi connectivity index (χ0) is 12.5. The van der Waals surface area contributed by atoms with Crippen molar-refractivity contribution in [3.63, 3.8) is 0 Å². The Morgan fingerprint density at radius 2 is 2.06 bits per heavy atom. The lowest BCUT2D eigenvalue weighted by atomic mass is 9.85. The highest BCUT2D eigenvalue weighted by Crippen LogP contribution is 2.35. The number of alkyl carbamates (subject to hydrolysis) is 1. The smallest absolute Gasteiger partial charge is 0.407 e. The van der Waals surface area contributed by atoms with Crippen LogP contribution in [-0.4, -0.2) is 13.2 Å². The fraction of sp³-hybridized carbons (Fsp3) is 0.267. The molecule has 0 saturated carbocycles. The Morgan fingerprint density at radius 1 is 1.28 bits per heavy atom. The number of aryl methyl sites for hydroxylation is 1. The van der Waals surface area contributed by atoms with Crippen LogP contribution in [0.1, 0.15) is 23.6 Å². The van der Waals surface area contributed by atoms with Crippen molar-refractivity contribution in [3.8, 4) is 0 Å². The molecule has 2 aromatic rings. The van der Waals surface area contributed by atoms with Crippen molar-refractivity contribution in [2.45, 2.75) is 18.9 Å². The third-order valence-corrected chi connectivity index (χ3v) is 3.58. The Kier molecular flexibility index (Phi) is 2.67. The van der Waals surface area contributed by atoms with E-state index in [2.05, 4.69) is 40.4 Å². The molecule has 0 spiro atoms. The van der Waals surface area contributed by atoms with Crippen molar-refractivity contribution in [3.05, 3.63) is 47.5 Å². The van der Waals surface area contributed by atoms with Gasteiger partial charge in [0.05, 0.1) is 13.2 Å². The molecule has 1 atom stereocenters. The molecule has 1 aliphatic carbocycles. The number of benzene rings is 2. The minimum absolute atomic E-state index is 0.0519. The van der Waals surface area contributed by atoms with Crippen molar-refractivity contribution in [1.29, 1.82) is 0 Å². The predicted octanol–water partition coefficient (Wildman–Crippen LogP) is 3.18. The topological polar surface area (TPSA) is 38.3 Å². The predicted molar refractivity (Wildman–Crippen MR) is 70.6 cm³/mol. The second-order valence-electron chi connectivity index (χ2n) is 4.59. The Morgan fingerprint density at radius 3 is 2.83 bits per heavy atom. The maximum atomic E-state index is 11.4. The molecule has 1 amide bonds. The molecule has 1 unspecified atom stereocenters.